The fourth-order valence-electron chi connectivity index (χ4n) is 0.800. The molecular formula is C5H6Cl3NO3. The Bertz CT molecular complexity index is 205. The Labute approximate surface area is 83.9 Å². The molecular weight excluding hydrogens is 228 g/mol. The summed E-state index contributed by atoms with van der Waals surface area (Å²) in [4.78, 5) is 11.8. The maximum atomic E-state index is 10.8. The molecule has 1 fully saturated rings. The smallest absolute Gasteiger partial charge is 0.412 e. The highest BCUT2D eigenvalue weighted by Crippen LogP contribution is 2.37. The molecule has 0 radical (unpaired) electrons. The van der Waals surface area contributed by atoms with Crippen LogP contribution in [0.3, 0.4) is 0 Å². The fraction of sp³-hybridized carbons (Fsp3) is 0.800. The van der Waals surface area contributed by atoms with Crippen molar-refractivity contribution in [2.75, 3.05) is 7.05 Å². The number of likely N-dealkylation sites (N-methyl/N-ethyl adjacent to an activating group) is 1. The van der Waals surface area contributed by atoms with Crippen LogP contribution in [0.2, 0.25) is 0 Å². The lowest BCUT2D eigenvalue weighted by Gasteiger charge is -2.21. The molecule has 0 spiro atoms. The van der Waals surface area contributed by atoms with Crippen LogP contribution in [0.15, 0.2) is 0 Å². The molecule has 1 aliphatic heterocycles. The van der Waals surface area contributed by atoms with Crippen LogP contribution in [-0.2, 0) is 4.74 Å². The van der Waals surface area contributed by atoms with Crippen LogP contribution in [0.1, 0.15) is 0 Å². The Morgan fingerprint density at radius 3 is 2.25 bits per heavy atom. The number of carbonyl (C=O) groups excluding carboxylic acids is 1. The summed E-state index contributed by atoms with van der Waals surface area (Å²) in [5, 5.41) is 9.29. The quantitative estimate of drug-likeness (QED) is 0.639. The third kappa shape index (κ3) is 1.71. The topological polar surface area (TPSA) is 49.8 Å². The highest BCUT2D eigenvalue weighted by atomic mass is 35.6. The maximum Gasteiger partial charge on any atom is 0.412 e. The second-order valence-electron chi connectivity index (χ2n) is 2.37. The number of aliphatic hydroxyl groups excluding tert-OH is 1. The zero-order valence-corrected chi connectivity index (χ0v) is 8.27. The number of hydrogen-bond donors (Lipinski definition) is 1. The van der Waals surface area contributed by atoms with Gasteiger partial charge in [0.1, 0.15) is 0 Å². The van der Waals surface area contributed by atoms with Gasteiger partial charge in [0.2, 0.25) is 3.79 Å². The molecule has 2 atom stereocenters. The van der Waals surface area contributed by atoms with E-state index in [2.05, 4.69) is 4.74 Å². The van der Waals surface area contributed by atoms with Crippen LogP contribution in [0.25, 0.3) is 0 Å². The van der Waals surface area contributed by atoms with Crippen molar-refractivity contribution in [3.63, 3.8) is 0 Å². The molecule has 70 valence electrons. The lowest BCUT2D eigenvalue weighted by Crippen LogP contribution is -2.39. The summed E-state index contributed by atoms with van der Waals surface area (Å²) < 4.78 is 2.79. The number of carbonyl (C=O) groups is 1. The molecule has 12 heavy (non-hydrogen) atoms. The SMILES string of the molecule is CN1C(=O)O[C@@H](C(Cl)(Cl)Cl)[C@@H]1O. The molecule has 1 saturated heterocycles. The van der Waals surface area contributed by atoms with Gasteiger partial charge in [-0.05, 0) is 0 Å². The third-order valence-corrected chi connectivity index (χ3v) is 2.15. The van der Waals surface area contributed by atoms with E-state index >= 15 is 0 Å². The number of amides is 1. The van der Waals surface area contributed by atoms with Gasteiger partial charge in [0.05, 0.1) is 0 Å². The Morgan fingerprint density at radius 2 is 2.08 bits per heavy atom. The van der Waals surface area contributed by atoms with Gasteiger partial charge in [-0.25, -0.2) is 4.79 Å². The second kappa shape index (κ2) is 3.10. The van der Waals surface area contributed by atoms with Crippen LogP contribution < -0.4 is 0 Å². The lowest BCUT2D eigenvalue weighted by molar-refractivity contribution is 0.0251. The van der Waals surface area contributed by atoms with Crippen molar-refractivity contribution in [3.8, 4) is 0 Å². The van der Waals surface area contributed by atoms with Crippen LogP contribution in [0.5, 0.6) is 0 Å². The standard InChI is InChI=1S/C5H6Cl3NO3/c1-9-3(10)2(5(6,7)8)12-4(9)11/h2-3,10H,1H3/t2-,3+/m1/s1. The molecule has 0 aromatic carbocycles. The molecule has 7 heteroatoms. The molecule has 1 rings (SSSR count). The molecule has 1 N–H and O–H groups in total. The van der Waals surface area contributed by atoms with E-state index in [0.717, 1.165) is 4.90 Å². The molecule has 4 nitrogen and oxygen atoms in total. The van der Waals surface area contributed by atoms with E-state index in [4.69, 9.17) is 34.8 Å². The van der Waals surface area contributed by atoms with Gasteiger partial charge >= 0.3 is 6.09 Å². The summed E-state index contributed by atoms with van der Waals surface area (Å²) in [7, 11) is 1.35. The summed E-state index contributed by atoms with van der Waals surface area (Å²) in [5.41, 5.74) is 0. The number of nitrogens with zero attached hydrogens (tertiary/aromatic N) is 1. The number of alkyl halides is 3. The van der Waals surface area contributed by atoms with Crippen LogP contribution in [0.4, 0.5) is 4.79 Å². The third-order valence-electron chi connectivity index (χ3n) is 1.51. The van der Waals surface area contributed by atoms with Crippen LogP contribution in [0, 0.1) is 0 Å². The van der Waals surface area contributed by atoms with E-state index in [0.29, 0.717) is 0 Å². The van der Waals surface area contributed by atoms with Crippen molar-refractivity contribution < 1.29 is 14.6 Å². The van der Waals surface area contributed by atoms with Crippen molar-refractivity contribution in [2.24, 2.45) is 0 Å². The zero-order valence-electron chi connectivity index (χ0n) is 6.00. The summed E-state index contributed by atoms with van der Waals surface area (Å²) in [6.45, 7) is 0. The zero-order chi connectivity index (χ0) is 9.52. The van der Waals surface area contributed by atoms with E-state index in [-0.39, 0.29) is 0 Å². The summed E-state index contributed by atoms with van der Waals surface area (Å²) in [6, 6.07) is 0. The highest BCUT2D eigenvalue weighted by Gasteiger charge is 2.49. The molecule has 1 aliphatic rings. The summed E-state index contributed by atoms with van der Waals surface area (Å²) in [6.07, 6.45) is -3.07. The largest absolute Gasteiger partial charge is 0.437 e. The van der Waals surface area contributed by atoms with E-state index in [1.54, 1.807) is 0 Å². The van der Waals surface area contributed by atoms with Crippen molar-refractivity contribution >= 4 is 40.9 Å². The van der Waals surface area contributed by atoms with Gasteiger partial charge in [0.25, 0.3) is 0 Å². The van der Waals surface area contributed by atoms with Gasteiger partial charge in [-0.3, -0.25) is 4.90 Å². The first kappa shape index (κ1) is 10.2. The molecule has 0 saturated carbocycles. The Balaban J connectivity index is 2.78. The van der Waals surface area contributed by atoms with Gasteiger partial charge in [-0.2, -0.15) is 0 Å². The fourth-order valence-corrected chi connectivity index (χ4v) is 1.27. The highest BCUT2D eigenvalue weighted by molar-refractivity contribution is 6.68. The molecule has 1 amide bonds. The number of aliphatic hydroxyl groups is 1. The van der Waals surface area contributed by atoms with Gasteiger partial charge in [-0.1, -0.05) is 34.8 Å². The Hall–Kier alpha value is 0.1000. The van der Waals surface area contributed by atoms with Crippen LogP contribution in [-0.4, -0.2) is 39.3 Å². The average molecular weight is 234 g/mol. The van der Waals surface area contributed by atoms with E-state index in [1.807, 2.05) is 0 Å². The van der Waals surface area contributed by atoms with E-state index < -0.39 is 22.2 Å². The van der Waals surface area contributed by atoms with Gasteiger partial charge in [-0.15, -0.1) is 0 Å². The normalized spacial score (nSPS) is 30.8. The van der Waals surface area contributed by atoms with E-state index in [9.17, 15) is 9.90 Å². The number of ether oxygens (including phenoxy) is 1. The van der Waals surface area contributed by atoms with Crippen molar-refractivity contribution in [3.05, 3.63) is 0 Å². The van der Waals surface area contributed by atoms with Crippen molar-refractivity contribution in [1.82, 2.24) is 4.90 Å². The number of hydrogen-bond acceptors (Lipinski definition) is 3. The molecule has 1 heterocycles. The number of halogens is 3. The molecule has 0 bridgehead atoms. The molecule has 0 aromatic rings. The molecule has 0 aliphatic carbocycles. The van der Waals surface area contributed by atoms with Crippen LogP contribution >= 0.6 is 34.8 Å². The first-order valence-corrected chi connectivity index (χ1v) is 4.15. The Kier molecular flexibility index (Phi) is 2.63. The minimum atomic E-state index is -1.81. The van der Waals surface area contributed by atoms with Gasteiger partial charge < -0.3 is 9.84 Å². The number of cyclic esters (lactones) is 1. The minimum Gasteiger partial charge on any atom is -0.437 e. The second-order valence-corrected chi connectivity index (χ2v) is 4.74. The van der Waals surface area contributed by atoms with Crippen molar-refractivity contribution in [2.45, 2.75) is 16.1 Å². The maximum absolute atomic E-state index is 10.8. The van der Waals surface area contributed by atoms with Crippen molar-refractivity contribution in [1.29, 1.82) is 0 Å². The van der Waals surface area contributed by atoms with Gasteiger partial charge in [0, 0.05) is 7.05 Å². The van der Waals surface area contributed by atoms with Gasteiger partial charge in [0.15, 0.2) is 12.3 Å². The first-order valence-electron chi connectivity index (χ1n) is 3.02. The molecule has 0 aromatic heterocycles. The average Bonchev–Trinajstić information content (AvgIpc) is 2.15. The van der Waals surface area contributed by atoms with E-state index in [1.165, 1.54) is 7.05 Å². The lowest BCUT2D eigenvalue weighted by atomic mass is 10.3. The first-order chi connectivity index (χ1) is 5.34. The predicted octanol–water partition coefficient (Wildman–Crippen LogP) is 1.13. The molecule has 0 unspecified atom stereocenters. The predicted molar refractivity (Wildman–Crippen MR) is 44.3 cm³/mol. The minimum absolute atomic E-state index is 0.709. The summed E-state index contributed by atoms with van der Waals surface area (Å²) in [5.74, 6) is 0. The number of rotatable bonds is 0. The monoisotopic (exact) mass is 233 g/mol. The summed E-state index contributed by atoms with van der Waals surface area (Å²) >= 11 is 16.3. The Morgan fingerprint density at radius 1 is 1.58 bits per heavy atom.